The van der Waals surface area contributed by atoms with Crippen molar-refractivity contribution >= 4 is 0 Å². The summed E-state index contributed by atoms with van der Waals surface area (Å²) in [5.74, 6) is -0.399. The molecule has 0 aromatic heterocycles. The number of hydrogen-bond acceptors (Lipinski definition) is 0. The van der Waals surface area contributed by atoms with Crippen molar-refractivity contribution in [1.82, 2.24) is 0 Å². The summed E-state index contributed by atoms with van der Waals surface area (Å²) in [5.41, 5.74) is 5.63. The fourth-order valence-corrected chi connectivity index (χ4v) is 3.58. The predicted octanol–water partition coefficient (Wildman–Crippen LogP) is 7.33. The van der Waals surface area contributed by atoms with Gasteiger partial charge in [0.15, 0.2) is 0 Å². The molecular formula is C24H32. The molecule has 3 rings (SSSR count). The number of rotatable bonds is 2. The first-order chi connectivity index (χ1) is 11.6. The van der Waals surface area contributed by atoms with E-state index < -0.39 is 5.89 Å². The molecule has 128 valence electrons. The van der Waals surface area contributed by atoms with Gasteiger partial charge in [0, 0.05) is 1.37 Å². The summed E-state index contributed by atoms with van der Waals surface area (Å²) in [6.45, 7) is 11.4. The van der Waals surface area contributed by atoms with E-state index in [1.807, 2.05) is 0 Å². The molecule has 0 bridgehead atoms. The highest BCUT2D eigenvalue weighted by Crippen LogP contribution is 2.42. The highest BCUT2D eigenvalue weighted by atomic mass is 14.3. The van der Waals surface area contributed by atoms with E-state index in [-0.39, 0.29) is 5.41 Å². The van der Waals surface area contributed by atoms with E-state index in [1.54, 1.807) is 0 Å². The van der Waals surface area contributed by atoms with Crippen LogP contribution in [0.4, 0.5) is 0 Å². The standard InChI is InChI=1S/C24H32/c1-23(2,3)22-12-10-20(11-13-22)18-6-8-19(9-7-18)21-14-16-24(4,5)17-15-21/h6-13,21H,14-17H2,1-5H3/i21D. The van der Waals surface area contributed by atoms with Gasteiger partial charge in [-0.1, -0.05) is 83.1 Å². The summed E-state index contributed by atoms with van der Waals surface area (Å²) in [4.78, 5) is 0. The number of benzene rings is 2. The summed E-state index contributed by atoms with van der Waals surface area (Å²) in [7, 11) is 0. The van der Waals surface area contributed by atoms with Crippen LogP contribution in [0.3, 0.4) is 0 Å². The third kappa shape index (κ3) is 3.91. The Morgan fingerprint density at radius 1 is 0.833 bits per heavy atom. The van der Waals surface area contributed by atoms with Crippen LogP contribution < -0.4 is 0 Å². The molecule has 0 N–H and O–H groups in total. The van der Waals surface area contributed by atoms with E-state index in [0.29, 0.717) is 5.41 Å². The third-order valence-electron chi connectivity index (χ3n) is 5.58. The minimum absolute atomic E-state index is 0.189. The van der Waals surface area contributed by atoms with Crippen LogP contribution in [0.1, 0.15) is 78.7 Å². The van der Waals surface area contributed by atoms with Gasteiger partial charge in [0.2, 0.25) is 0 Å². The van der Waals surface area contributed by atoms with Crippen LogP contribution >= 0.6 is 0 Å². The second-order valence-electron chi connectivity index (χ2n) is 9.17. The quantitative estimate of drug-likeness (QED) is 0.543. The van der Waals surface area contributed by atoms with Crippen molar-refractivity contribution in [2.75, 3.05) is 0 Å². The first-order valence-electron chi connectivity index (χ1n) is 9.81. The highest BCUT2D eigenvalue weighted by Gasteiger charge is 2.27. The molecule has 2 aromatic carbocycles. The fraction of sp³-hybridized carbons (Fsp3) is 0.500. The zero-order valence-corrected chi connectivity index (χ0v) is 15.9. The summed E-state index contributed by atoms with van der Waals surface area (Å²) in [6.07, 6.45) is 4.23. The molecule has 1 aliphatic rings. The molecular weight excluding hydrogens is 288 g/mol. The lowest BCUT2D eigenvalue weighted by Gasteiger charge is -2.34. The van der Waals surface area contributed by atoms with Crippen LogP contribution in [0.15, 0.2) is 48.5 Å². The van der Waals surface area contributed by atoms with Gasteiger partial charge >= 0.3 is 0 Å². The molecule has 1 saturated carbocycles. The first-order valence-corrected chi connectivity index (χ1v) is 9.31. The average Bonchev–Trinajstić information content (AvgIpc) is 2.57. The molecule has 0 nitrogen and oxygen atoms in total. The smallest absolute Gasteiger partial charge is 0.0352 e. The first kappa shape index (κ1) is 15.9. The van der Waals surface area contributed by atoms with E-state index in [9.17, 15) is 0 Å². The van der Waals surface area contributed by atoms with Crippen LogP contribution in [0.2, 0.25) is 0 Å². The summed E-state index contributed by atoms with van der Waals surface area (Å²) < 4.78 is 8.91. The van der Waals surface area contributed by atoms with Gasteiger partial charge in [-0.25, -0.2) is 0 Å². The second kappa shape index (κ2) is 6.39. The van der Waals surface area contributed by atoms with Gasteiger partial charge in [0.1, 0.15) is 0 Å². The Bertz CT molecular complexity index is 704. The fourth-order valence-electron chi connectivity index (χ4n) is 3.58. The average molecular weight is 322 g/mol. The molecule has 0 amide bonds. The van der Waals surface area contributed by atoms with Gasteiger partial charge in [-0.2, -0.15) is 0 Å². The Labute approximate surface area is 149 Å². The zero-order chi connectivity index (χ0) is 18.3. The normalized spacial score (nSPS) is 20.5. The van der Waals surface area contributed by atoms with E-state index in [4.69, 9.17) is 1.37 Å². The second-order valence-corrected chi connectivity index (χ2v) is 9.17. The molecule has 0 unspecified atom stereocenters. The van der Waals surface area contributed by atoms with Gasteiger partial charge in [-0.3, -0.25) is 0 Å². The molecule has 0 heteroatoms. The Kier molecular flexibility index (Phi) is 4.24. The van der Waals surface area contributed by atoms with Gasteiger partial charge in [0.05, 0.1) is 0 Å². The summed E-state index contributed by atoms with van der Waals surface area (Å²) in [6, 6.07) is 17.6. The topological polar surface area (TPSA) is 0 Å². The van der Waals surface area contributed by atoms with Crippen LogP contribution in [-0.4, -0.2) is 0 Å². The largest absolute Gasteiger partial charge is 0.0599 e. The van der Waals surface area contributed by atoms with E-state index in [0.717, 1.165) is 25.7 Å². The Balaban J connectivity index is 1.79. The molecule has 0 saturated heterocycles. The molecule has 1 fully saturated rings. The predicted molar refractivity (Wildman–Crippen MR) is 106 cm³/mol. The minimum Gasteiger partial charge on any atom is -0.0599 e. The van der Waals surface area contributed by atoms with Crippen molar-refractivity contribution in [3.05, 3.63) is 59.7 Å². The third-order valence-corrected chi connectivity index (χ3v) is 5.58. The molecule has 0 spiro atoms. The van der Waals surface area contributed by atoms with Crippen molar-refractivity contribution in [3.63, 3.8) is 0 Å². The molecule has 1 aliphatic carbocycles. The van der Waals surface area contributed by atoms with Crippen LogP contribution in [0.5, 0.6) is 0 Å². The molecule has 24 heavy (non-hydrogen) atoms. The van der Waals surface area contributed by atoms with Gasteiger partial charge in [0.25, 0.3) is 0 Å². The monoisotopic (exact) mass is 321 g/mol. The van der Waals surface area contributed by atoms with Gasteiger partial charge in [-0.15, -0.1) is 0 Å². The van der Waals surface area contributed by atoms with E-state index in [2.05, 4.69) is 83.1 Å². The zero-order valence-electron chi connectivity index (χ0n) is 16.9. The summed E-state index contributed by atoms with van der Waals surface area (Å²) >= 11 is 0. The van der Waals surface area contributed by atoms with Crippen LogP contribution in [0.25, 0.3) is 11.1 Å². The van der Waals surface area contributed by atoms with E-state index in [1.165, 1.54) is 22.3 Å². The van der Waals surface area contributed by atoms with Gasteiger partial charge in [-0.05, 0) is 64.7 Å². The maximum absolute atomic E-state index is 8.91. The van der Waals surface area contributed by atoms with Gasteiger partial charge < -0.3 is 0 Å². The SMILES string of the molecule is [2H]C1(c2ccc(-c3ccc(C(C)(C)C)cc3)cc2)CCC(C)(C)CC1. The van der Waals surface area contributed by atoms with Crippen molar-refractivity contribution < 1.29 is 1.37 Å². The Morgan fingerprint density at radius 3 is 1.75 bits per heavy atom. The molecule has 0 aliphatic heterocycles. The molecule has 0 heterocycles. The molecule has 0 atom stereocenters. The minimum atomic E-state index is -0.399. The lowest BCUT2D eigenvalue weighted by molar-refractivity contribution is 0.224. The highest BCUT2D eigenvalue weighted by molar-refractivity contribution is 5.64. The number of hydrogen-bond donors (Lipinski definition) is 0. The lowest BCUT2D eigenvalue weighted by atomic mass is 9.71. The maximum Gasteiger partial charge on any atom is 0.0352 e. The van der Waals surface area contributed by atoms with Crippen molar-refractivity contribution in [2.24, 2.45) is 5.41 Å². The van der Waals surface area contributed by atoms with E-state index >= 15 is 0 Å². The Hall–Kier alpha value is -1.56. The molecule has 0 radical (unpaired) electrons. The van der Waals surface area contributed by atoms with Crippen molar-refractivity contribution in [3.8, 4) is 11.1 Å². The van der Waals surface area contributed by atoms with Crippen LogP contribution in [-0.2, 0) is 5.41 Å². The lowest BCUT2D eigenvalue weighted by Crippen LogP contribution is -2.20. The van der Waals surface area contributed by atoms with Crippen LogP contribution in [0, 0.1) is 5.41 Å². The maximum atomic E-state index is 8.91. The van der Waals surface area contributed by atoms with Crippen molar-refractivity contribution in [2.45, 2.75) is 71.6 Å². The van der Waals surface area contributed by atoms with Crippen molar-refractivity contribution in [1.29, 1.82) is 0 Å². The Morgan fingerprint density at radius 2 is 1.29 bits per heavy atom. The molecule has 2 aromatic rings. The summed E-state index contributed by atoms with van der Waals surface area (Å²) in [5, 5.41) is 0.